The number of hydrogen-bond donors (Lipinski definition) is 1. The molecule has 0 bridgehead atoms. The van der Waals surface area contributed by atoms with Gasteiger partial charge in [-0.05, 0) is 12.5 Å². The maximum atomic E-state index is 10.6. The van der Waals surface area contributed by atoms with Gasteiger partial charge in [-0.2, -0.15) is 0 Å². The van der Waals surface area contributed by atoms with E-state index in [-0.39, 0.29) is 5.97 Å². The van der Waals surface area contributed by atoms with Crippen LogP contribution in [-0.4, -0.2) is 23.3 Å². The number of aliphatic hydroxyl groups is 1. The smallest absolute Gasteiger partial charge is 0.331 e. The van der Waals surface area contributed by atoms with E-state index >= 15 is 0 Å². The van der Waals surface area contributed by atoms with Crippen molar-refractivity contribution in [2.45, 2.75) is 25.6 Å². The summed E-state index contributed by atoms with van der Waals surface area (Å²) in [7, 11) is 0. The lowest BCUT2D eigenvalue weighted by Gasteiger charge is -2.11. The highest BCUT2D eigenvalue weighted by atomic mass is 16.6. The zero-order valence-corrected chi connectivity index (χ0v) is 6.93. The Morgan fingerprint density at radius 1 is 1.83 bits per heavy atom. The van der Waals surface area contributed by atoms with Gasteiger partial charge in [-0.15, -0.1) is 0 Å². The van der Waals surface area contributed by atoms with E-state index in [1.165, 1.54) is 6.08 Å². The summed E-state index contributed by atoms with van der Waals surface area (Å²) in [4.78, 5) is 10.6. The van der Waals surface area contributed by atoms with E-state index in [0.29, 0.717) is 0 Å². The summed E-state index contributed by atoms with van der Waals surface area (Å²) in [6.07, 6.45) is 6.01. The molecule has 0 aliphatic carbocycles. The predicted octanol–water partition coefficient (Wildman–Crippen LogP) is 0.795. The molecule has 0 spiro atoms. The van der Waals surface area contributed by atoms with E-state index in [1.807, 2.05) is 13.0 Å². The highest BCUT2D eigenvalue weighted by Crippen LogP contribution is 2.10. The third-order valence-corrected chi connectivity index (χ3v) is 1.58. The van der Waals surface area contributed by atoms with Crippen molar-refractivity contribution in [3.05, 3.63) is 24.3 Å². The van der Waals surface area contributed by atoms with E-state index < -0.39 is 12.2 Å². The minimum absolute atomic E-state index is 0.385. The molecular formula is C9H12O3. The molecule has 66 valence electrons. The average molecular weight is 168 g/mol. The third kappa shape index (κ3) is 2.20. The van der Waals surface area contributed by atoms with Crippen molar-refractivity contribution >= 4 is 5.97 Å². The Morgan fingerprint density at radius 3 is 3.08 bits per heavy atom. The fourth-order valence-electron chi connectivity index (χ4n) is 0.955. The Balaban J connectivity index is 2.44. The molecule has 0 aromatic carbocycles. The fraction of sp³-hybridized carbons (Fsp3) is 0.444. The number of cyclic esters (lactones) is 1. The number of hydrogen-bond acceptors (Lipinski definition) is 3. The number of carbonyl (C=O) groups is 1. The molecule has 0 radical (unpaired) electrons. The van der Waals surface area contributed by atoms with E-state index in [2.05, 4.69) is 0 Å². The first-order chi connectivity index (χ1) is 5.74. The molecule has 1 aliphatic rings. The maximum Gasteiger partial charge on any atom is 0.331 e. The Kier molecular flexibility index (Phi) is 3.05. The summed E-state index contributed by atoms with van der Waals surface area (Å²) < 4.78 is 4.77. The molecule has 3 heteroatoms. The molecular weight excluding hydrogens is 156 g/mol. The first kappa shape index (κ1) is 9.00. The molecule has 0 unspecified atom stereocenters. The Morgan fingerprint density at radius 2 is 2.58 bits per heavy atom. The van der Waals surface area contributed by atoms with Gasteiger partial charge in [0.1, 0.15) is 6.10 Å². The molecule has 0 amide bonds. The monoisotopic (exact) mass is 168 g/mol. The molecule has 12 heavy (non-hydrogen) atoms. The minimum atomic E-state index is -0.715. The molecule has 0 aromatic rings. The van der Waals surface area contributed by atoms with Gasteiger partial charge in [-0.1, -0.05) is 19.1 Å². The topological polar surface area (TPSA) is 46.5 Å². The van der Waals surface area contributed by atoms with Gasteiger partial charge in [0.25, 0.3) is 0 Å². The molecule has 3 nitrogen and oxygen atoms in total. The summed E-state index contributed by atoms with van der Waals surface area (Å²) in [6, 6.07) is 0. The summed E-state index contributed by atoms with van der Waals surface area (Å²) in [5, 5.41) is 9.38. The summed E-state index contributed by atoms with van der Waals surface area (Å²) >= 11 is 0. The highest BCUT2D eigenvalue weighted by Gasteiger charge is 2.22. The van der Waals surface area contributed by atoms with Crippen LogP contribution in [0.3, 0.4) is 0 Å². The number of allylic oxidation sites excluding steroid dienone is 1. The first-order valence-electron chi connectivity index (χ1n) is 3.97. The van der Waals surface area contributed by atoms with Crippen molar-refractivity contribution in [3.8, 4) is 0 Å². The van der Waals surface area contributed by atoms with Crippen molar-refractivity contribution in [2.75, 3.05) is 0 Å². The lowest BCUT2D eigenvalue weighted by Crippen LogP contribution is -2.23. The lowest BCUT2D eigenvalue weighted by molar-refractivity contribution is -0.141. The van der Waals surface area contributed by atoms with Crippen molar-refractivity contribution in [1.29, 1.82) is 0 Å². The predicted molar refractivity (Wildman–Crippen MR) is 44.5 cm³/mol. The molecule has 0 fully saturated rings. The van der Waals surface area contributed by atoms with Gasteiger partial charge in [-0.3, -0.25) is 0 Å². The second-order valence-corrected chi connectivity index (χ2v) is 2.59. The zero-order chi connectivity index (χ0) is 8.97. The highest BCUT2D eigenvalue weighted by molar-refractivity contribution is 5.84. The van der Waals surface area contributed by atoms with Crippen LogP contribution in [0.1, 0.15) is 13.3 Å². The van der Waals surface area contributed by atoms with Crippen LogP contribution in [0.25, 0.3) is 0 Å². The fourth-order valence-corrected chi connectivity index (χ4v) is 0.955. The Hall–Kier alpha value is -1.09. The van der Waals surface area contributed by atoms with Crippen molar-refractivity contribution in [1.82, 2.24) is 0 Å². The van der Waals surface area contributed by atoms with E-state index in [9.17, 15) is 9.90 Å². The SMILES string of the molecule is CC/C=C/[C@@H](O)[C@@H]1C=CC(=O)O1. The molecule has 1 heterocycles. The lowest BCUT2D eigenvalue weighted by atomic mass is 10.2. The van der Waals surface area contributed by atoms with Gasteiger partial charge in [0, 0.05) is 6.08 Å². The quantitative estimate of drug-likeness (QED) is 0.500. The van der Waals surface area contributed by atoms with Crippen LogP contribution in [0.5, 0.6) is 0 Å². The van der Waals surface area contributed by atoms with E-state index in [1.54, 1.807) is 12.2 Å². The largest absolute Gasteiger partial charge is 0.452 e. The third-order valence-electron chi connectivity index (χ3n) is 1.58. The second-order valence-electron chi connectivity index (χ2n) is 2.59. The molecule has 0 saturated carbocycles. The Bertz CT molecular complexity index is 218. The van der Waals surface area contributed by atoms with Gasteiger partial charge >= 0.3 is 5.97 Å². The molecule has 1 aliphatic heterocycles. The number of ether oxygens (including phenoxy) is 1. The molecule has 0 saturated heterocycles. The van der Waals surface area contributed by atoms with Crippen molar-refractivity contribution < 1.29 is 14.6 Å². The summed E-state index contributed by atoms with van der Waals surface area (Å²) in [6.45, 7) is 1.97. The summed E-state index contributed by atoms with van der Waals surface area (Å²) in [5.74, 6) is -0.385. The molecule has 1 rings (SSSR count). The number of rotatable bonds is 3. The zero-order valence-electron chi connectivity index (χ0n) is 6.93. The normalized spacial score (nSPS) is 24.8. The van der Waals surface area contributed by atoms with Crippen molar-refractivity contribution in [3.63, 3.8) is 0 Å². The molecule has 2 atom stereocenters. The van der Waals surface area contributed by atoms with Crippen LogP contribution >= 0.6 is 0 Å². The van der Waals surface area contributed by atoms with E-state index in [4.69, 9.17) is 4.74 Å². The molecule has 0 aromatic heterocycles. The second kappa shape index (κ2) is 4.07. The van der Waals surface area contributed by atoms with Crippen LogP contribution in [0.15, 0.2) is 24.3 Å². The minimum Gasteiger partial charge on any atom is -0.452 e. The van der Waals surface area contributed by atoms with Gasteiger partial charge < -0.3 is 9.84 Å². The van der Waals surface area contributed by atoms with Crippen LogP contribution in [0.2, 0.25) is 0 Å². The molecule has 1 N–H and O–H groups in total. The first-order valence-corrected chi connectivity index (χ1v) is 3.97. The maximum absolute atomic E-state index is 10.6. The number of esters is 1. The van der Waals surface area contributed by atoms with E-state index in [0.717, 1.165) is 6.42 Å². The summed E-state index contributed by atoms with van der Waals surface area (Å²) in [5.41, 5.74) is 0. The van der Waals surface area contributed by atoms with Crippen LogP contribution in [0.4, 0.5) is 0 Å². The van der Waals surface area contributed by atoms with Crippen molar-refractivity contribution in [2.24, 2.45) is 0 Å². The standard InChI is InChI=1S/C9H12O3/c1-2-3-4-7(10)8-5-6-9(11)12-8/h3-8,10H,2H2,1H3/b4-3+/t7-,8+/m1/s1. The van der Waals surface area contributed by atoms with Gasteiger partial charge in [0.2, 0.25) is 0 Å². The van der Waals surface area contributed by atoms with Gasteiger partial charge in [0.05, 0.1) is 0 Å². The number of carbonyl (C=O) groups excluding carboxylic acids is 1. The number of aliphatic hydroxyl groups excluding tert-OH is 1. The van der Waals surface area contributed by atoms with Crippen LogP contribution in [-0.2, 0) is 9.53 Å². The average Bonchev–Trinajstić information content (AvgIpc) is 2.47. The van der Waals surface area contributed by atoms with Gasteiger partial charge in [0.15, 0.2) is 6.10 Å². The van der Waals surface area contributed by atoms with Gasteiger partial charge in [-0.25, -0.2) is 4.79 Å². The van der Waals surface area contributed by atoms with Crippen LogP contribution in [0, 0.1) is 0 Å². The van der Waals surface area contributed by atoms with Crippen LogP contribution < -0.4 is 0 Å². The Labute approximate surface area is 71.3 Å².